The Kier molecular flexibility index (Phi) is 7.01. The molecule has 0 fully saturated rings. The zero-order valence-corrected chi connectivity index (χ0v) is 30.8. The van der Waals surface area contributed by atoms with Crippen LogP contribution in [0.2, 0.25) is 0 Å². The summed E-state index contributed by atoms with van der Waals surface area (Å²) in [4.78, 5) is 10.6. The molecule has 2 aliphatic rings. The van der Waals surface area contributed by atoms with Crippen molar-refractivity contribution in [3.05, 3.63) is 192 Å². The van der Waals surface area contributed by atoms with Gasteiger partial charge in [0.2, 0.25) is 0 Å². The molecule has 2 unspecified atom stereocenters. The van der Waals surface area contributed by atoms with Gasteiger partial charge in [0.1, 0.15) is 40.3 Å². The van der Waals surface area contributed by atoms with Crippen molar-refractivity contribution in [1.82, 2.24) is 9.88 Å². The molecule has 0 radical (unpaired) electrons. The van der Waals surface area contributed by atoms with Crippen molar-refractivity contribution in [2.24, 2.45) is 9.98 Å². The third-order valence-electron chi connectivity index (χ3n) is 11.6. The summed E-state index contributed by atoms with van der Waals surface area (Å²) >= 11 is 0. The van der Waals surface area contributed by atoms with Gasteiger partial charge in [-0.3, -0.25) is 0 Å². The molecule has 4 heterocycles. The maximum Gasteiger partial charge on any atom is 0.148 e. The first-order valence-corrected chi connectivity index (χ1v) is 19.5. The Hall–Kier alpha value is -7.44. The number of hydrogen-bond acceptors (Lipinski definition) is 5. The number of aliphatic imine (C=N–C) groups is 2. The minimum Gasteiger partial charge on any atom is -0.460 e. The zero-order valence-electron chi connectivity index (χ0n) is 30.8. The van der Waals surface area contributed by atoms with E-state index in [1.54, 1.807) is 0 Å². The lowest BCUT2D eigenvalue weighted by Crippen LogP contribution is -2.35. The molecule has 1 aliphatic carbocycles. The fourth-order valence-corrected chi connectivity index (χ4v) is 8.97. The summed E-state index contributed by atoms with van der Waals surface area (Å²) in [5.41, 5.74) is 11.4. The summed E-state index contributed by atoms with van der Waals surface area (Å²) in [5, 5.41) is 9.33. The number of amidine groups is 2. The lowest BCUT2D eigenvalue weighted by Gasteiger charge is -2.27. The molecule has 57 heavy (non-hydrogen) atoms. The van der Waals surface area contributed by atoms with Crippen LogP contribution in [0.4, 0.5) is 0 Å². The van der Waals surface area contributed by atoms with Crippen LogP contribution in [0.25, 0.3) is 77.6 Å². The summed E-state index contributed by atoms with van der Waals surface area (Å²) in [6, 6.07) is 57.4. The Morgan fingerprint density at radius 2 is 1.32 bits per heavy atom. The predicted molar refractivity (Wildman–Crippen MR) is 232 cm³/mol. The minimum atomic E-state index is -0.410. The van der Waals surface area contributed by atoms with Gasteiger partial charge in [0.15, 0.2) is 0 Å². The third-order valence-corrected chi connectivity index (χ3v) is 11.6. The van der Waals surface area contributed by atoms with Crippen LogP contribution in [0.3, 0.4) is 0 Å². The van der Waals surface area contributed by atoms with Crippen LogP contribution >= 0.6 is 0 Å². The van der Waals surface area contributed by atoms with Gasteiger partial charge in [0.25, 0.3) is 0 Å². The Morgan fingerprint density at radius 3 is 2.19 bits per heavy atom. The van der Waals surface area contributed by atoms with Gasteiger partial charge in [-0.15, -0.1) is 0 Å². The van der Waals surface area contributed by atoms with E-state index in [1.165, 1.54) is 21.9 Å². The minimum absolute atomic E-state index is 0.126. The number of allylic oxidation sites excluding steroid dienone is 1. The van der Waals surface area contributed by atoms with E-state index in [4.69, 9.17) is 18.8 Å². The van der Waals surface area contributed by atoms with Crippen molar-refractivity contribution in [3.63, 3.8) is 0 Å². The Bertz CT molecular complexity index is 3310. The van der Waals surface area contributed by atoms with E-state index < -0.39 is 6.17 Å². The molecule has 6 nitrogen and oxygen atoms in total. The van der Waals surface area contributed by atoms with E-state index in [0.717, 1.165) is 90.2 Å². The topological polar surface area (TPSA) is 68.0 Å². The second-order valence-corrected chi connectivity index (χ2v) is 14.9. The molecule has 0 saturated carbocycles. The summed E-state index contributed by atoms with van der Waals surface area (Å²) in [6.07, 6.45) is 4.73. The highest BCUT2D eigenvalue weighted by molar-refractivity contribution is 6.13. The second-order valence-electron chi connectivity index (χ2n) is 14.9. The van der Waals surface area contributed by atoms with Crippen LogP contribution < -0.4 is 5.32 Å². The average Bonchev–Trinajstić information content (AvgIpc) is 3.96. The fraction of sp³-hybridized carbons (Fsp3) is 0.0588. The molecule has 0 spiro atoms. The largest absolute Gasteiger partial charge is 0.460 e. The van der Waals surface area contributed by atoms with E-state index in [1.807, 2.05) is 30.3 Å². The monoisotopic (exact) mass is 734 g/mol. The number of nitrogens with one attached hydrogen (secondary N) is 1. The molecular formula is C51H34N4O2. The molecule has 12 rings (SSSR count). The first-order chi connectivity index (χ1) is 28.2. The lowest BCUT2D eigenvalue weighted by molar-refractivity contribution is 0.527. The van der Waals surface area contributed by atoms with Crippen molar-refractivity contribution >= 4 is 72.5 Å². The van der Waals surface area contributed by atoms with E-state index >= 15 is 0 Å². The molecular weight excluding hydrogens is 701 g/mol. The van der Waals surface area contributed by atoms with Crippen LogP contribution in [-0.2, 0) is 0 Å². The summed E-state index contributed by atoms with van der Waals surface area (Å²) in [7, 11) is 0. The first-order valence-electron chi connectivity index (χ1n) is 19.5. The highest BCUT2D eigenvalue weighted by atomic mass is 16.3. The molecule has 10 aromatic rings. The van der Waals surface area contributed by atoms with Gasteiger partial charge in [0, 0.05) is 55.4 Å². The standard InChI is InChI=1S/C51H34N4O2/c1-3-13-31(14-4-1)33-25-28-43-41(29-33)35-17-7-9-22-42(35)55(43)34-26-27-38-46(30-34)56-45-24-12-20-39(47(38)45)50-52-49(32-15-5-2-6-16-32)53-51(54-50)40-21-11-19-37-36-18-8-10-23-44(36)57-48(37)40/h1-20,22-30,40,50H,21H2,(H,52,53,54). The average molecular weight is 735 g/mol. The Morgan fingerprint density at radius 1 is 0.561 bits per heavy atom. The molecule has 2 atom stereocenters. The number of fused-ring (bicyclic) bond motifs is 9. The van der Waals surface area contributed by atoms with Gasteiger partial charge in [-0.1, -0.05) is 127 Å². The summed E-state index contributed by atoms with van der Waals surface area (Å²) in [5.74, 6) is 2.32. The normalized spacial score (nSPS) is 16.6. The Labute approximate surface area is 327 Å². The van der Waals surface area contributed by atoms with Crippen LogP contribution in [0, 0.1) is 0 Å². The molecule has 1 aliphatic heterocycles. The quantitative estimate of drug-likeness (QED) is 0.191. The number of nitrogens with zero attached hydrogens (tertiary/aromatic N) is 3. The maximum atomic E-state index is 6.71. The second kappa shape index (κ2) is 12.5. The van der Waals surface area contributed by atoms with Crippen molar-refractivity contribution in [2.75, 3.05) is 0 Å². The zero-order chi connectivity index (χ0) is 37.5. The van der Waals surface area contributed by atoms with Crippen LogP contribution in [0.5, 0.6) is 0 Å². The fourth-order valence-electron chi connectivity index (χ4n) is 8.97. The van der Waals surface area contributed by atoms with Gasteiger partial charge < -0.3 is 18.7 Å². The number of furan rings is 2. The van der Waals surface area contributed by atoms with E-state index in [0.29, 0.717) is 0 Å². The SMILES string of the molecule is C1=Cc2c(oc3ccccc23)C(C2=NC(c3cccc4oc5cc(-n6c7ccccc7c7cc(-c8ccccc8)ccc76)ccc5c34)NC(c3ccccc3)=N2)C1. The highest BCUT2D eigenvalue weighted by Gasteiger charge is 2.32. The Balaban J connectivity index is 0.995. The molecule has 0 amide bonds. The predicted octanol–water partition coefficient (Wildman–Crippen LogP) is 12.7. The number of hydrogen-bond donors (Lipinski definition) is 1. The molecule has 270 valence electrons. The highest BCUT2D eigenvalue weighted by Crippen LogP contribution is 2.42. The van der Waals surface area contributed by atoms with Crippen molar-refractivity contribution in [2.45, 2.75) is 18.5 Å². The van der Waals surface area contributed by atoms with Crippen molar-refractivity contribution in [3.8, 4) is 16.8 Å². The number of rotatable bonds is 5. The molecule has 1 N–H and O–H groups in total. The molecule has 6 heteroatoms. The maximum absolute atomic E-state index is 6.71. The molecule has 3 aromatic heterocycles. The van der Waals surface area contributed by atoms with Crippen LogP contribution in [-0.4, -0.2) is 16.2 Å². The van der Waals surface area contributed by atoms with Gasteiger partial charge >= 0.3 is 0 Å². The number of aromatic nitrogens is 1. The van der Waals surface area contributed by atoms with Gasteiger partial charge in [0.05, 0.1) is 17.0 Å². The summed E-state index contributed by atoms with van der Waals surface area (Å²) in [6.45, 7) is 0. The number of benzene rings is 7. The van der Waals surface area contributed by atoms with Gasteiger partial charge in [-0.2, -0.15) is 0 Å². The van der Waals surface area contributed by atoms with Crippen molar-refractivity contribution < 1.29 is 8.83 Å². The molecule has 0 bridgehead atoms. The van der Waals surface area contributed by atoms with Gasteiger partial charge in [-0.25, -0.2) is 9.98 Å². The summed E-state index contributed by atoms with van der Waals surface area (Å²) < 4.78 is 15.6. The van der Waals surface area contributed by atoms with E-state index in [9.17, 15) is 0 Å². The lowest BCUT2D eigenvalue weighted by atomic mass is 9.91. The first kappa shape index (κ1) is 31.9. The van der Waals surface area contributed by atoms with E-state index in [-0.39, 0.29) is 5.92 Å². The third kappa shape index (κ3) is 5.04. The van der Waals surface area contributed by atoms with Crippen LogP contribution in [0.1, 0.15) is 41.0 Å². The van der Waals surface area contributed by atoms with Crippen LogP contribution in [0.15, 0.2) is 189 Å². The van der Waals surface area contributed by atoms with Gasteiger partial charge in [-0.05, 0) is 60.0 Å². The smallest absolute Gasteiger partial charge is 0.148 e. The number of para-hydroxylation sites is 2. The van der Waals surface area contributed by atoms with Crippen molar-refractivity contribution in [1.29, 1.82) is 0 Å². The van der Waals surface area contributed by atoms with E-state index in [2.05, 4.69) is 155 Å². The molecule has 0 saturated heterocycles. The molecule has 7 aromatic carbocycles.